The van der Waals surface area contributed by atoms with Crippen molar-refractivity contribution in [2.45, 2.75) is 30.8 Å². The Morgan fingerprint density at radius 1 is 1.00 bits per heavy atom. The second-order valence-corrected chi connectivity index (χ2v) is 7.05. The number of hydrogen-bond donors (Lipinski definition) is 0. The maximum atomic E-state index is 6.14. The van der Waals surface area contributed by atoms with Crippen LogP contribution in [0.3, 0.4) is 0 Å². The fraction of sp³-hybridized carbons (Fsp3) is 0.304. The van der Waals surface area contributed by atoms with Crippen LogP contribution in [0.4, 0.5) is 0 Å². The highest BCUT2D eigenvalue weighted by atomic mass is 16.5. The normalized spacial score (nSPS) is 29.2. The minimum absolute atomic E-state index is 0.168. The summed E-state index contributed by atoms with van der Waals surface area (Å²) in [6, 6.07) is 21.6. The van der Waals surface area contributed by atoms with Crippen molar-refractivity contribution in [2.24, 2.45) is 5.92 Å². The van der Waals surface area contributed by atoms with Gasteiger partial charge in [-0.2, -0.15) is 0 Å². The molecule has 0 aliphatic heterocycles. The molecule has 2 aliphatic rings. The lowest BCUT2D eigenvalue weighted by Crippen LogP contribution is -2.44. The molecule has 0 amide bonds. The lowest BCUT2D eigenvalue weighted by molar-refractivity contribution is -0.00105. The van der Waals surface area contributed by atoms with Crippen molar-refractivity contribution < 1.29 is 4.74 Å². The van der Waals surface area contributed by atoms with E-state index in [9.17, 15) is 0 Å². The van der Waals surface area contributed by atoms with Gasteiger partial charge in [0.1, 0.15) is 0 Å². The molecule has 24 heavy (non-hydrogen) atoms. The number of ether oxygens (including phenoxy) is 1. The van der Waals surface area contributed by atoms with Gasteiger partial charge in [0.05, 0.1) is 5.60 Å². The van der Waals surface area contributed by atoms with Crippen LogP contribution < -0.4 is 0 Å². The first-order valence-electron chi connectivity index (χ1n) is 8.79. The first-order chi connectivity index (χ1) is 11.7. The Balaban J connectivity index is 1.88. The van der Waals surface area contributed by atoms with Crippen LogP contribution in [0.5, 0.6) is 0 Å². The van der Waals surface area contributed by atoms with Crippen LogP contribution in [0, 0.1) is 5.92 Å². The predicted molar refractivity (Wildman–Crippen MR) is 99.8 cm³/mol. The molecule has 1 fully saturated rings. The third kappa shape index (κ3) is 2.44. The van der Waals surface area contributed by atoms with Gasteiger partial charge >= 0.3 is 0 Å². The summed E-state index contributed by atoms with van der Waals surface area (Å²) in [7, 11) is 1.87. The molecular formula is C23H24O. The molecule has 2 aliphatic carbocycles. The highest BCUT2D eigenvalue weighted by molar-refractivity contribution is 5.75. The van der Waals surface area contributed by atoms with Gasteiger partial charge in [-0.05, 0) is 41.9 Å². The van der Waals surface area contributed by atoms with Crippen LogP contribution in [0.2, 0.25) is 0 Å². The fourth-order valence-electron chi connectivity index (χ4n) is 4.50. The van der Waals surface area contributed by atoms with Crippen molar-refractivity contribution >= 4 is 5.57 Å². The molecule has 2 bridgehead atoms. The van der Waals surface area contributed by atoms with E-state index in [1.807, 2.05) is 7.11 Å². The summed E-state index contributed by atoms with van der Waals surface area (Å²) in [5.74, 6) is 0.853. The van der Waals surface area contributed by atoms with Crippen molar-refractivity contribution in [1.29, 1.82) is 0 Å². The maximum Gasteiger partial charge on any atom is 0.0939 e. The molecule has 0 N–H and O–H groups in total. The second-order valence-electron chi connectivity index (χ2n) is 7.05. The number of allylic oxidation sites excluding steroid dienone is 2. The fourth-order valence-corrected chi connectivity index (χ4v) is 4.50. The predicted octanol–water partition coefficient (Wildman–Crippen LogP) is 5.61. The number of hydrogen-bond acceptors (Lipinski definition) is 1. The summed E-state index contributed by atoms with van der Waals surface area (Å²) in [6.07, 6.45) is 5.56. The Morgan fingerprint density at radius 2 is 1.67 bits per heavy atom. The van der Waals surface area contributed by atoms with Gasteiger partial charge in [0.25, 0.3) is 0 Å². The second kappa shape index (κ2) is 6.07. The van der Waals surface area contributed by atoms with Crippen LogP contribution in [0.15, 0.2) is 78.9 Å². The number of fused-ring (bicyclic) bond motifs is 2. The zero-order valence-corrected chi connectivity index (χ0v) is 14.2. The summed E-state index contributed by atoms with van der Waals surface area (Å²) >= 11 is 0. The molecule has 1 saturated carbocycles. The van der Waals surface area contributed by atoms with Gasteiger partial charge in [-0.3, -0.25) is 0 Å². The smallest absolute Gasteiger partial charge is 0.0939 e. The topological polar surface area (TPSA) is 9.23 Å². The van der Waals surface area contributed by atoms with Crippen molar-refractivity contribution in [3.05, 3.63) is 90.0 Å². The van der Waals surface area contributed by atoms with Gasteiger partial charge in [-0.15, -0.1) is 0 Å². The lowest BCUT2D eigenvalue weighted by Gasteiger charge is -2.49. The maximum absolute atomic E-state index is 6.14. The molecule has 0 spiro atoms. The van der Waals surface area contributed by atoms with Gasteiger partial charge < -0.3 is 4.74 Å². The molecule has 3 unspecified atom stereocenters. The molecule has 4 rings (SSSR count). The van der Waals surface area contributed by atoms with E-state index in [1.54, 1.807) is 0 Å². The molecule has 3 atom stereocenters. The molecule has 122 valence electrons. The van der Waals surface area contributed by atoms with E-state index in [4.69, 9.17) is 4.74 Å². The Bertz CT molecular complexity index is 759. The molecule has 0 radical (unpaired) electrons. The highest BCUT2D eigenvalue weighted by Crippen LogP contribution is 2.54. The van der Waals surface area contributed by atoms with E-state index < -0.39 is 0 Å². The average Bonchev–Trinajstić information content (AvgIpc) is 2.66. The van der Waals surface area contributed by atoms with Crippen LogP contribution in [0.25, 0.3) is 5.57 Å². The molecule has 0 saturated heterocycles. The molecule has 2 aromatic rings. The van der Waals surface area contributed by atoms with Gasteiger partial charge in [0.15, 0.2) is 0 Å². The van der Waals surface area contributed by atoms with Crippen molar-refractivity contribution in [3.8, 4) is 0 Å². The SMILES string of the molecule is C=C1CCC2(OC)CC1C(c1ccccc1)C=C2c1ccccc1. The van der Waals surface area contributed by atoms with E-state index in [2.05, 4.69) is 73.3 Å². The Hall–Kier alpha value is -2.12. The quantitative estimate of drug-likeness (QED) is 0.669. The third-order valence-corrected chi connectivity index (χ3v) is 5.85. The van der Waals surface area contributed by atoms with E-state index in [0.29, 0.717) is 11.8 Å². The van der Waals surface area contributed by atoms with Gasteiger partial charge in [-0.25, -0.2) is 0 Å². The highest BCUT2D eigenvalue weighted by Gasteiger charge is 2.47. The standard InChI is InChI=1S/C23H24O/c1-17-13-14-23(24-2)16-21(17)20(18-9-5-3-6-10-18)15-22(23)19-11-7-4-8-12-19/h3-12,15,20-21H,1,13-14,16H2,2H3. The average molecular weight is 316 g/mol. The van der Waals surface area contributed by atoms with Crippen molar-refractivity contribution in [3.63, 3.8) is 0 Å². The summed E-state index contributed by atoms with van der Waals surface area (Å²) in [6.45, 7) is 4.39. The Morgan fingerprint density at radius 3 is 2.33 bits per heavy atom. The van der Waals surface area contributed by atoms with E-state index in [0.717, 1.165) is 19.3 Å². The van der Waals surface area contributed by atoms with Crippen molar-refractivity contribution in [1.82, 2.24) is 0 Å². The third-order valence-electron chi connectivity index (χ3n) is 5.85. The molecule has 0 aromatic heterocycles. The van der Waals surface area contributed by atoms with Gasteiger partial charge in [0, 0.05) is 13.0 Å². The lowest BCUT2D eigenvalue weighted by atomic mass is 9.60. The van der Waals surface area contributed by atoms with E-state index in [1.165, 1.54) is 22.3 Å². The van der Waals surface area contributed by atoms with Crippen molar-refractivity contribution in [2.75, 3.05) is 7.11 Å². The summed E-state index contributed by atoms with van der Waals surface area (Å²) in [4.78, 5) is 0. The first-order valence-corrected chi connectivity index (χ1v) is 8.79. The zero-order chi connectivity index (χ0) is 16.6. The number of benzene rings is 2. The monoisotopic (exact) mass is 316 g/mol. The van der Waals surface area contributed by atoms with Crippen LogP contribution in [0.1, 0.15) is 36.3 Å². The molecular weight excluding hydrogens is 292 g/mol. The summed E-state index contributed by atoms with van der Waals surface area (Å²) in [5.41, 5.74) is 5.22. The van der Waals surface area contributed by atoms with E-state index >= 15 is 0 Å². The Kier molecular flexibility index (Phi) is 3.90. The molecule has 2 aromatic carbocycles. The van der Waals surface area contributed by atoms with E-state index in [-0.39, 0.29) is 5.60 Å². The Labute approximate surface area is 144 Å². The van der Waals surface area contributed by atoms with Gasteiger partial charge in [0.2, 0.25) is 0 Å². The summed E-state index contributed by atoms with van der Waals surface area (Å²) in [5, 5.41) is 0. The van der Waals surface area contributed by atoms with Crippen LogP contribution >= 0.6 is 0 Å². The largest absolute Gasteiger partial charge is 0.373 e. The molecule has 1 nitrogen and oxygen atoms in total. The molecule has 1 heteroatoms. The minimum Gasteiger partial charge on any atom is -0.373 e. The number of rotatable bonds is 3. The van der Waals surface area contributed by atoms with Crippen LogP contribution in [-0.2, 0) is 4.74 Å². The number of methoxy groups -OCH3 is 1. The molecule has 0 heterocycles. The minimum atomic E-state index is -0.168. The first kappa shape index (κ1) is 15.4. The summed E-state index contributed by atoms with van der Waals surface area (Å²) < 4.78 is 6.14. The van der Waals surface area contributed by atoms with Gasteiger partial charge in [-0.1, -0.05) is 78.9 Å². The zero-order valence-electron chi connectivity index (χ0n) is 14.2. The van der Waals surface area contributed by atoms with Crippen LogP contribution in [-0.4, -0.2) is 12.7 Å².